The molecule has 13 heteroatoms. The summed E-state index contributed by atoms with van der Waals surface area (Å²) in [4.78, 5) is 67.1. The van der Waals surface area contributed by atoms with Crippen molar-refractivity contribution < 1.29 is 34.2 Å². The number of carbonyl (C=O) groups excluding carboxylic acids is 3. The molecule has 0 fully saturated rings. The highest BCUT2D eigenvalue weighted by Crippen LogP contribution is 2.05. The number of amides is 3. The molecule has 0 radical (unpaired) electrons. The van der Waals surface area contributed by atoms with Gasteiger partial charge in [0.1, 0.15) is 18.1 Å². The van der Waals surface area contributed by atoms with E-state index in [9.17, 15) is 24.0 Å². The lowest BCUT2D eigenvalue weighted by atomic mass is 10.0. The average molecular weight is 489 g/mol. The molecular formula is C22H28N6O7. The van der Waals surface area contributed by atoms with Gasteiger partial charge in [-0.1, -0.05) is 30.3 Å². The molecule has 35 heavy (non-hydrogen) atoms. The summed E-state index contributed by atoms with van der Waals surface area (Å²) >= 11 is 0. The quantitative estimate of drug-likeness (QED) is 0.175. The van der Waals surface area contributed by atoms with E-state index in [2.05, 4.69) is 25.9 Å². The lowest BCUT2D eigenvalue weighted by Crippen LogP contribution is -2.58. The third-order valence-corrected chi connectivity index (χ3v) is 4.99. The minimum atomic E-state index is -1.58. The summed E-state index contributed by atoms with van der Waals surface area (Å²) in [5, 5.41) is 25.1. The van der Waals surface area contributed by atoms with Crippen LogP contribution in [0.5, 0.6) is 0 Å². The van der Waals surface area contributed by atoms with E-state index in [0.29, 0.717) is 5.69 Å². The van der Waals surface area contributed by atoms with Gasteiger partial charge in [-0.2, -0.15) is 0 Å². The predicted octanol–water partition coefficient (Wildman–Crippen LogP) is -1.44. The number of hydrogen-bond donors (Lipinski definition) is 7. The Bertz CT molecular complexity index is 1030. The SMILES string of the molecule is CC(NC(=O)C(CC(=O)O)NC(=O)C(Cc1cnc[nH]1)NC(=O)C(N)Cc1ccccc1)C(=O)O. The minimum absolute atomic E-state index is 0.0530. The molecule has 0 aliphatic carbocycles. The molecule has 13 nitrogen and oxygen atoms in total. The van der Waals surface area contributed by atoms with Crippen molar-refractivity contribution in [3.63, 3.8) is 0 Å². The third kappa shape index (κ3) is 8.89. The summed E-state index contributed by atoms with van der Waals surface area (Å²) in [6, 6.07) is 3.91. The zero-order chi connectivity index (χ0) is 26.0. The number of imidazole rings is 1. The van der Waals surface area contributed by atoms with Crippen LogP contribution in [-0.4, -0.2) is 74.0 Å². The molecule has 4 atom stereocenters. The number of nitrogens with one attached hydrogen (secondary N) is 4. The minimum Gasteiger partial charge on any atom is -0.481 e. The average Bonchev–Trinajstić information content (AvgIpc) is 3.31. The van der Waals surface area contributed by atoms with Crippen LogP contribution in [-0.2, 0) is 36.8 Å². The Hall–Kier alpha value is -4.26. The van der Waals surface area contributed by atoms with Crippen LogP contribution in [0.3, 0.4) is 0 Å². The Balaban J connectivity index is 2.15. The first-order valence-corrected chi connectivity index (χ1v) is 10.7. The topological polar surface area (TPSA) is 217 Å². The van der Waals surface area contributed by atoms with E-state index in [1.165, 1.54) is 19.4 Å². The zero-order valence-electron chi connectivity index (χ0n) is 18.9. The van der Waals surface area contributed by atoms with Crippen LogP contribution in [0, 0.1) is 0 Å². The molecule has 1 heterocycles. The van der Waals surface area contributed by atoms with Crippen molar-refractivity contribution in [3.05, 3.63) is 54.1 Å². The molecule has 1 aromatic carbocycles. The van der Waals surface area contributed by atoms with Gasteiger partial charge in [0.25, 0.3) is 0 Å². The second kappa shape index (κ2) is 12.8. The number of hydrogen-bond acceptors (Lipinski definition) is 7. The molecule has 8 N–H and O–H groups in total. The number of nitrogens with zero attached hydrogens (tertiary/aromatic N) is 1. The summed E-state index contributed by atoms with van der Waals surface area (Å²) < 4.78 is 0. The fraction of sp³-hybridized carbons (Fsp3) is 0.364. The first kappa shape index (κ1) is 27.0. The third-order valence-electron chi connectivity index (χ3n) is 4.99. The van der Waals surface area contributed by atoms with Crippen molar-refractivity contribution in [2.45, 2.75) is 50.4 Å². The van der Waals surface area contributed by atoms with Crippen molar-refractivity contribution >= 4 is 29.7 Å². The first-order chi connectivity index (χ1) is 16.6. The van der Waals surface area contributed by atoms with Gasteiger partial charge >= 0.3 is 11.9 Å². The fourth-order valence-corrected chi connectivity index (χ4v) is 3.10. The van der Waals surface area contributed by atoms with E-state index in [-0.39, 0.29) is 12.8 Å². The molecule has 0 bridgehead atoms. The van der Waals surface area contributed by atoms with E-state index in [1.807, 2.05) is 6.07 Å². The predicted molar refractivity (Wildman–Crippen MR) is 122 cm³/mol. The zero-order valence-corrected chi connectivity index (χ0v) is 18.9. The molecule has 0 saturated heterocycles. The number of benzene rings is 1. The lowest BCUT2D eigenvalue weighted by molar-refractivity contribution is -0.143. The van der Waals surface area contributed by atoms with Gasteiger partial charge in [0.2, 0.25) is 17.7 Å². The largest absolute Gasteiger partial charge is 0.481 e. The standard InChI is InChI=1S/C22H28N6O7/c1-12(22(34)35)26-20(32)17(9-18(29)30)28-21(33)16(8-14-10-24-11-25-14)27-19(31)15(23)7-13-5-3-2-4-6-13/h2-6,10-12,15-17H,7-9,23H2,1H3,(H,24,25)(H,26,32)(H,27,31)(H,28,33)(H,29,30)(H,34,35). The maximum atomic E-state index is 13.0. The molecular weight excluding hydrogens is 460 g/mol. The molecule has 0 spiro atoms. The van der Waals surface area contributed by atoms with Gasteiger partial charge in [-0.15, -0.1) is 0 Å². The van der Waals surface area contributed by atoms with Crippen LogP contribution >= 0.6 is 0 Å². The molecule has 3 amide bonds. The number of nitrogens with two attached hydrogens (primary N) is 1. The van der Waals surface area contributed by atoms with Crippen LogP contribution in [0.15, 0.2) is 42.9 Å². The number of carbonyl (C=O) groups is 5. The summed E-state index contributed by atoms with van der Waals surface area (Å²) in [6.07, 6.45) is 2.17. The molecule has 0 aliphatic rings. The number of carboxylic acids is 2. The van der Waals surface area contributed by atoms with Gasteiger partial charge in [0, 0.05) is 18.3 Å². The van der Waals surface area contributed by atoms with E-state index in [0.717, 1.165) is 5.56 Å². The Morgan fingerprint density at radius 1 is 0.943 bits per heavy atom. The number of carboxylic acid groups (broad SMARTS) is 2. The second-order valence-electron chi connectivity index (χ2n) is 7.87. The van der Waals surface area contributed by atoms with Crippen molar-refractivity contribution in [3.8, 4) is 0 Å². The van der Waals surface area contributed by atoms with Gasteiger partial charge in [-0.3, -0.25) is 24.0 Å². The maximum absolute atomic E-state index is 13.0. The number of aliphatic carboxylic acids is 2. The van der Waals surface area contributed by atoms with E-state index in [4.69, 9.17) is 15.9 Å². The van der Waals surface area contributed by atoms with Crippen LogP contribution in [0.4, 0.5) is 0 Å². The molecule has 4 unspecified atom stereocenters. The number of rotatable bonds is 13. The Kier molecular flexibility index (Phi) is 9.90. The van der Waals surface area contributed by atoms with Crippen molar-refractivity contribution in [1.82, 2.24) is 25.9 Å². The maximum Gasteiger partial charge on any atom is 0.325 e. The van der Waals surface area contributed by atoms with Crippen LogP contribution in [0.1, 0.15) is 24.6 Å². The van der Waals surface area contributed by atoms with Crippen molar-refractivity contribution in [2.24, 2.45) is 5.73 Å². The van der Waals surface area contributed by atoms with E-state index < -0.39 is 60.2 Å². The molecule has 2 aromatic rings. The van der Waals surface area contributed by atoms with Gasteiger partial charge in [-0.05, 0) is 18.9 Å². The number of aromatic amines is 1. The van der Waals surface area contributed by atoms with E-state index >= 15 is 0 Å². The van der Waals surface area contributed by atoms with Gasteiger partial charge in [0.05, 0.1) is 18.8 Å². The highest BCUT2D eigenvalue weighted by molar-refractivity contribution is 5.95. The lowest BCUT2D eigenvalue weighted by Gasteiger charge is -2.24. The van der Waals surface area contributed by atoms with Crippen LogP contribution < -0.4 is 21.7 Å². The smallest absolute Gasteiger partial charge is 0.325 e. The summed E-state index contributed by atoms with van der Waals surface area (Å²) in [5.41, 5.74) is 7.31. The Labute approximate surface area is 200 Å². The second-order valence-corrected chi connectivity index (χ2v) is 7.87. The monoisotopic (exact) mass is 488 g/mol. The number of H-pyrrole nitrogens is 1. The molecule has 2 rings (SSSR count). The van der Waals surface area contributed by atoms with Crippen LogP contribution in [0.25, 0.3) is 0 Å². The Morgan fingerprint density at radius 2 is 1.57 bits per heavy atom. The van der Waals surface area contributed by atoms with E-state index in [1.54, 1.807) is 24.3 Å². The highest BCUT2D eigenvalue weighted by atomic mass is 16.4. The van der Waals surface area contributed by atoms with Gasteiger partial charge in [0.15, 0.2) is 0 Å². The van der Waals surface area contributed by atoms with Crippen molar-refractivity contribution in [2.75, 3.05) is 0 Å². The molecule has 0 aliphatic heterocycles. The highest BCUT2D eigenvalue weighted by Gasteiger charge is 2.31. The number of aromatic nitrogens is 2. The normalized spacial score (nSPS) is 14.1. The van der Waals surface area contributed by atoms with Gasteiger partial charge < -0.3 is 36.9 Å². The first-order valence-electron chi connectivity index (χ1n) is 10.7. The van der Waals surface area contributed by atoms with Crippen LogP contribution in [0.2, 0.25) is 0 Å². The van der Waals surface area contributed by atoms with Gasteiger partial charge in [-0.25, -0.2) is 4.98 Å². The van der Waals surface area contributed by atoms with Crippen molar-refractivity contribution in [1.29, 1.82) is 0 Å². The molecule has 188 valence electrons. The summed E-state index contributed by atoms with van der Waals surface area (Å²) in [5.74, 6) is -5.22. The summed E-state index contributed by atoms with van der Waals surface area (Å²) in [6.45, 7) is 1.19. The molecule has 0 saturated carbocycles. The Morgan fingerprint density at radius 3 is 2.14 bits per heavy atom. The summed E-state index contributed by atoms with van der Waals surface area (Å²) in [7, 11) is 0. The fourth-order valence-electron chi connectivity index (χ4n) is 3.10. The molecule has 1 aromatic heterocycles.